The zero-order chi connectivity index (χ0) is 46.8. The van der Waals surface area contributed by atoms with E-state index in [0.717, 1.165) is 66.9 Å². The smallest absolute Gasteiger partial charge is 0.143 e. The SMILES string of the molecule is c1cc(-c2ccccc2-c2ccccc2-n2c3ccccc3c3ccccc32)cc(N(c2ccc(-c3cc4ccccc4c4ccccc34)cc2)c2ccc(-c3cccc4c3oc3ccccc34)cc2)c1. The zero-order valence-electron chi connectivity index (χ0n) is 38.7. The Hall–Kier alpha value is -9.44. The molecular weight excluding hydrogens is 861 g/mol. The van der Waals surface area contributed by atoms with Crippen LogP contribution in [0.15, 0.2) is 271 Å². The minimum Gasteiger partial charge on any atom is -0.455 e. The Bertz CT molecular complexity index is 4290. The molecule has 0 aliphatic heterocycles. The van der Waals surface area contributed by atoms with Crippen LogP contribution in [0.3, 0.4) is 0 Å². The Labute approximate surface area is 411 Å². The third kappa shape index (κ3) is 6.74. The third-order valence-electron chi connectivity index (χ3n) is 14.4. The molecule has 0 saturated heterocycles. The average molecular weight is 905 g/mol. The molecule has 0 amide bonds. The lowest BCUT2D eigenvalue weighted by molar-refractivity contribution is 0.670. The van der Waals surface area contributed by atoms with Gasteiger partial charge in [0, 0.05) is 49.7 Å². The molecule has 3 nitrogen and oxygen atoms in total. The van der Waals surface area contributed by atoms with Crippen molar-refractivity contribution in [1.82, 2.24) is 4.57 Å². The van der Waals surface area contributed by atoms with Gasteiger partial charge >= 0.3 is 0 Å². The van der Waals surface area contributed by atoms with Crippen LogP contribution in [0.5, 0.6) is 0 Å². The predicted molar refractivity (Wildman–Crippen MR) is 299 cm³/mol. The fraction of sp³-hybridized carbons (Fsp3) is 0. The van der Waals surface area contributed by atoms with Crippen molar-refractivity contribution >= 4 is 82.4 Å². The van der Waals surface area contributed by atoms with Gasteiger partial charge in [-0.15, -0.1) is 0 Å². The summed E-state index contributed by atoms with van der Waals surface area (Å²) in [5.74, 6) is 0. The minimum atomic E-state index is 0.898. The second-order valence-electron chi connectivity index (χ2n) is 18.4. The monoisotopic (exact) mass is 904 g/mol. The van der Waals surface area contributed by atoms with Gasteiger partial charge in [0.25, 0.3) is 0 Å². The second-order valence-corrected chi connectivity index (χ2v) is 18.4. The molecule has 0 atom stereocenters. The van der Waals surface area contributed by atoms with Gasteiger partial charge in [-0.1, -0.05) is 200 Å². The molecule has 14 rings (SSSR count). The van der Waals surface area contributed by atoms with E-state index < -0.39 is 0 Å². The Morgan fingerprint density at radius 3 is 1.54 bits per heavy atom. The maximum absolute atomic E-state index is 6.50. The molecule has 332 valence electrons. The first-order chi connectivity index (χ1) is 35.2. The molecular formula is C68H44N2O. The number of anilines is 3. The van der Waals surface area contributed by atoms with Crippen molar-refractivity contribution in [3.05, 3.63) is 267 Å². The Morgan fingerprint density at radius 1 is 0.282 bits per heavy atom. The van der Waals surface area contributed by atoms with E-state index in [0.29, 0.717) is 0 Å². The Balaban J connectivity index is 0.906. The van der Waals surface area contributed by atoms with Gasteiger partial charge in [-0.3, -0.25) is 0 Å². The first-order valence-electron chi connectivity index (χ1n) is 24.3. The lowest BCUT2D eigenvalue weighted by Gasteiger charge is -2.27. The molecule has 0 aliphatic rings. The maximum atomic E-state index is 6.50. The summed E-state index contributed by atoms with van der Waals surface area (Å²) >= 11 is 0. The van der Waals surface area contributed by atoms with Gasteiger partial charge < -0.3 is 13.9 Å². The number of rotatable bonds is 8. The standard InChI is InChI=1S/C68H44N2O/c1-2-20-53-48(17-1)44-63(57-24-6-5-22-55(53)57)46-37-41-50(42-38-46)69(49-39-35-45(36-40-49)54-29-16-30-62-61-28-10-14-34-67(61)71-68(54)62)51-19-15-18-47(43-51)52-21-3-4-23-56(52)58-25-7-11-31-64(58)70-65-32-12-8-26-59(65)60-27-9-13-33-66(60)70/h1-44H. The first kappa shape index (κ1) is 40.6. The summed E-state index contributed by atoms with van der Waals surface area (Å²) in [6.07, 6.45) is 0. The lowest BCUT2D eigenvalue weighted by Crippen LogP contribution is -2.10. The topological polar surface area (TPSA) is 21.3 Å². The summed E-state index contributed by atoms with van der Waals surface area (Å²) in [7, 11) is 0. The number of furan rings is 1. The first-order valence-corrected chi connectivity index (χ1v) is 24.3. The second kappa shape index (κ2) is 16.7. The highest BCUT2D eigenvalue weighted by molar-refractivity contribution is 6.14. The quantitative estimate of drug-likeness (QED) is 0.142. The van der Waals surface area contributed by atoms with Crippen LogP contribution >= 0.6 is 0 Å². The highest BCUT2D eigenvalue weighted by atomic mass is 16.3. The Morgan fingerprint density at radius 2 is 0.803 bits per heavy atom. The Kier molecular flexibility index (Phi) is 9.53. The zero-order valence-corrected chi connectivity index (χ0v) is 38.7. The van der Waals surface area contributed by atoms with Crippen LogP contribution in [0.2, 0.25) is 0 Å². The number of hydrogen-bond acceptors (Lipinski definition) is 2. The highest BCUT2D eigenvalue weighted by Crippen LogP contribution is 2.44. The molecule has 0 saturated carbocycles. The molecule has 2 heterocycles. The van der Waals surface area contributed by atoms with Crippen molar-refractivity contribution in [3.63, 3.8) is 0 Å². The predicted octanol–water partition coefficient (Wildman–Crippen LogP) is 19.1. The van der Waals surface area contributed by atoms with Gasteiger partial charge in [0.15, 0.2) is 0 Å². The highest BCUT2D eigenvalue weighted by Gasteiger charge is 2.20. The fourth-order valence-corrected chi connectivity index (χ4v) is 11.2. The van der Waals surface area contributed by atoms with Crippen LogP contribution < -0.4 is 4.90 Å². The van der Waals surface area contributed by atoms with Crippen molar-refractivity contribution in [2.24, 2.45) is 0 Å². The normalized spacial score (nSPS) is 11.7. The van der Waals surface area contributed by atoms with Crippen LogP contribution in [-0.2, 0) is 0 Å². The molecule has 12 aromatic carbocycles. The molecule has 0 fully saturated rings. The van der Waals surface area contributed by atoms with Gasteiger partial charge in [-0.05, 0) is 122 Å². The minimum absolute atomic E-state index is 0.898. The average Bonchev–Trinajstić information content (AvgIpc) is 4.00. The van der Waals surface area contributed by atoms with Crippen molar-refractivity contribution in [3.8, 4) is 50.2 Å². The maximum Gasteiger partial charge on any atom is 0.143 e. The van der Waals surface area contributed by atoms with E-state index in [4.69, 9.17) is 4.42 Å². The van der Waals surface area contributed by atoms with E-state index in [1.807, 2.05) is 12.1 Å². The molecule has 2 aromatic heterocycles. The van der Waals surface area contributed by atoms with Crippen molar-refractivity contribution in [2.75, 3.05) is 4.90 Å². The van der Waals surface area contributed by atoms with E-state index >= 15 is 0 Å². The van der Waals surface area contributed by atoms with Crippen LogP contribution in [0, 0.1) is 0 Å². The fourth-order valence-electron chi connectivity index (χ4n) is 11.2. The van der Waals surface area contributed by atoms with Gasteiger partial charge in [0.05, 0.1) is 16.7 Å². The number of benzene rings is 12. The molecule has 71 heavy (non-hydrogen) atoms. The molecule has 0 spiro atoms. The van der Waals surface area contributed by atoms with Crippen LogP contribution in [-0.4, -0.2) is 4.57 Å². The molecule has 0 N–H and O–H groups in total. The van der Waals surface area contributed by atoms with E-state index in [9.17, 15) is 0 Å². The van der Waals surface area contributed by atoms with Crippen LogP contribution in [0.4, 0.5) is 17.1 Å². The summed E-state index contributed by atoms with van der Waals surface area (Å²) in [5, 5.41) is 9.76. The van der Waals surface area contributed by atoms with Crippen molar-refractivity contribution in [1.29, 1.82) is 0 Å². The summed E-state index contributed by atoms with van der Waals surface area (Å²) in [4.78, 5) is 2.38. The molecule has 0 aliphatic carbocycles. The van der Waals surface area contributed by atoms with Gasteiger partial charge in [-0.25, -0.2) is 0 Å². The largest absolute Gasteiger partial charge is 0.455 e. The van der Waals surface area contributed by atoms with E-state index in [2.05, 4.69) is 264 Å². The van der Waals surface area contributed by atoms with Crippen molar-refractivity contribution in [2.45, 2.75) is 0 Å². The molecule has 14 aromatic rings. The van der Waals surface area contributed by atoms with Gasteiger partial charge in [0.1, 0.15) is 11.2 Å². The number of para-hydroxylation sites is 5. The molecule has 0 bridgehead atoms. The van der Waals surface area contributed by atoms with Crippen molar-refractivity contribution < 1.29 is 4.42 Å². The number of aromatic nitrogens is 1. The van der Waals surface area contributed by atoms with Crippen LogP contribution in [0.1, 0.15) is 0 Å². The number of hydrogen-bond donors (Lipinski definition) is 0. The summed E-state index contributed by atoms with van der Waals surface area (Å²) < 4.78 is 8.93. The van der Waals surface area contributed by atoms with Crippen LogP contribution in [0.25, 0.3) is 115 Å². The number of nitrogens with zero attached hydrogens (tertiary/aromatic N) is 2. The van der Waals surface area contributed by atoms with Gasteiger partial charge in [-0.2, -0.15) is 0 Å². The lowest BCUT2D eigenvalue weighted by atomic mass is 9.92. The van der Waals surface area contributed by atoms with E-state index in [-0.39, 0.29) is 0 Å². The molecule has 3 heteroatoms. The van der Waals surface area contributed by atoms with Gasteiger partial charge in [0.2, 0.25) is 0 Å². The number of fused-ring (bicyclic) bond motifs is 9. The molecule has 0 unspecified atom stereocenters. The van der Waals surface area contributed by atoms with E-state index in [1.54, 1.807) is 0 Å². The molecule has 0 radical (unpaired) electrons. The summed E-state index contributed by atoms with van der Waals surface area (Å²) in [6, 6.07) is 96.7. The van der Waals surface area contributed by atoms with E-state index in [1.165, 1.54) is 65.6 Å². The third-order valence-corrected chi connectivity index (χ3v) is 14.4. The summed E-state index contributed by atoms with van der Waals surface area (Å²) in [5.41, 5.74) is 17.7. The summed E-state index contributed by atoms with van der Waals surface area (Å²) in [6.45, 7) is 0.